The van der Waals surface area contributed by atoms with Crippen molar-refractivity contribution < 1.29 is 4.52 Å². The lowest BCUT2D eigenvalue weighted by Gasteiger charge is -2.08. The van der Waals surface area contributed by atoms with Gasteiger partial charge in [0.1, 0.15) is 11.5 Å². The first-order chi connectivity index (χ1) is 8.72. The molecule has 0 aliphatic heterocycles. The third kappa shape index (κ3) is 1.76. The van der Waals surface area contributed by atoms with Crippen LogP contribution < -0.4 is 0 Å². The molecule has 94 valence electrons. The molecule has 3 rings (SSSR count). The predicted octanol–water partition coefficient (Wildman–Crippen LogP) is 4.40. The third-order valence-corrected chi connectivity index (χ3v) is 3.84. The second kappa shape index (κ2) is 4.27. The Morgan fingerprint density at radius 1 is 1.22 bits per heavy atom. The van der Waals surface area contributed by atoms with Crippen molar-refractivity contribution in [2.75, 3.05) is 0 Å². The van der Waals surface area contributed by atoms with E-state index in [0.29, 0.717) is 5.92 Å². The van der Waals surface area contributed by atoms with E-state index in [1.807, 2.05) is 0 Å². The molecule has 0 unspecified atom stereocenters. The first-order valence-electron chi connectivity index (χ1n) is 6.77. The first kappa shape index (κ1) is 11.5. The van der Waals surface area contributed by atoms with Crippen molar-refractivity contribution in [3.05, 3.63) is 40.6 Å². The van der Waals surface area contributed by atoms with Crippen LogP contribution in [0.15, 0.2) is 22.7 Å². The highest BCUT2D eigenvalue weighted by atomic mass is 16.5. The summed E-state index contributed by atoms with van der Waals surface area (Å²) in [5, 5.41) is 4.37. The fourth-order valence-corrected chi connectivity index (χ4v) is 2.71. The molecular formula is C16H19NO. The molecule has 1 fully saturated rings. The monoisotopic (exact) mass is 241 g/mol. The fourth-order valence-electron chi connectivity index (χ4n) is 2.71. The Morgan fingerprint density at radius 3 is 2.44 bits per heavy atom. The topological polar surface area (TPSA) is 26.0 Å². The van der Waals surface area contributed by atoms with Gasteiger partial charge in [-0.25, -0.2) is 0 Å². The highest BCUT2D eigenvalue weighted by Gasteiger charge is 2.32. The third-order valence-electron chi connectivity index (χ3n) is 3.84. The Hall–Kier alpha value is -1.57. The number of aromatic nitrogens is 1. The molecule has 0 atom stereocenters. The zero-order valence-electron chi connectivity index (χ0n) is 11.3. The van der Waals surface area contributed by atoms with Gasteiger partial charge in [0, 0.05) is 17.0 Å². The second-order valence-corrected chi connectivity index (χ2v) is 5.27. The number of hydrogen-bond donors (Lipinski definition) is 0. The lowest BCUT2D eigenvalue weighted by molar-refractivity contribution is 0.384. The van der Waals surface area contributed by atoms with Crippen molar-refractivity contribution in [2.45, 2.75) is 46.0 Å². The molecule has 2 heteroatoms. The van der Waals surface area contributed by atoms with E-state index in [1.165, 1.54) is 35.1 Å². The number of nitrogens with zero attached hydrogens (tertiary/aromatic N) is 1. The Labute approximate surface area is 108 Å². The molecule has 1 aliphatic rings. The molecule has 1 aliphatic carbocycles. The molecule has 0 spiro atoms. The molecule has 0 N–H and O–H groups in total. The van der Waals surface area contributed by atoms with Crippen LogP contribution >= 0.6 is 0 Å². The molecule has 0 bridgehead atoms. The molecule has 0 radical (unpaired) electrons. The molecule has 1 saturated carbocycles. The van der Waals surface area contributed by atoms with Crippen LogP contribution in [0, 0.1) is 13.8 Å². The first-order valence-corrected chi connectivity index (χ1v) is 6.77. The summed E-state index contributed by atoms with van der Waals surface area (Å²) in [6.45, 7) is 6.48. The Kier molecular flexibility index (Phi) is 2.73. The van der Waals surface area contributed by atoms with Gasteiger partial charge < -0.3 is 4.52 Å². The minimum Gasteiger partial charge on any atom is -0.360 e. The van der Waals surface area contributed by atoms with Crippen molar-refractivity contribution in [2.24, 2.45) is 0 Å². The van der Waals surface area contributed by atoms with Gasteiger partial charge in [0.05, 0.1) is 0 Å². The lowest BCUT2D eigenvalue weighted by Crippen LogP contribution is -1.93. The summed E-state index contributed by atoms with van der Waals surface area (Å²) < 4.78 is 5.63. The van der Waals surface area contributed by atoms with E-state index < -0.39 is 0 Å². The summed E-state index contributed by atoms with van der Waals surface area (Å²) in [5.74, 6) is 1.76. The summed E-state index contributed by atoms with van der Waals surface area (Å²) in [4.78, 5) is 0. The summed E-state index contributed by atoms with van der Waals surface area (Å²) in [5.41, 5.74) is 6.19. The van der Waals surface area contributed by atoms with Crippen LogP contribution in [0.3, 0.4) is 0 Å². The van der Waals surface area contributed by atoms with E-state index >= 15 is 0 Å². The average molecular weight is 241 g/mol. The Morgan fingerprint density at radius 2 is 1.89 bits per heavy atom. The summed E-state index contributed by atoms with van der Waals surface area (Å²) in [7, 11) is 0. The van der Waals surface area contributed by atoms with Crippen LogP contribution in [0.25, 0.3) is 11.3 Å². The van der Waals surface area contributed by atoms with Crippen LogP contribution in [-0.2, 0) is 6.42 Å². The minimum atomic E-state index is 0.630. The Bertz CT molecular complexity index is 559. The zero-order chi connectivity index (χ0) is 12.7. The summed E-state index contributed by atoms with van der Waals surface area (Å²) in [6.07, 6.45) is 3.52. The van der Waals surface area contributed by atoms with Gasteiger partial charge in [-0.15, -0.1) is 0 Å². The highest BCUT2D eigenvalue weighted by molar-refractivity contribution is 5.70. The van der Waals surface area contributed by atoms with Crippen molar-refractivity contribution in [1.82, 2.24) is 5.16 Å². The lowest BCUT2D eigenvalue weighted by atomic mass is 9.95. The normalized spacial score (nSPS) is 15.1. The largest absolute Gasteiger partial charge is 0.360 e. The number of rotatable bonds is 3. The molecule has 18 heavy (non-hydrogen) atoms. The molecular weight excluding hydrogens is 222 g/mol. The standard InChI is InChI=1S/C16H19NO/c1-4-13-15(17-18-16(13)12-8-9-12)14-10(2)6-5-7-11(14)3/h5-7,12H,4,8-9H2,1-3H3. The highest BCUT2D eigenvalue weighted by Crippen LogP contribution is 2.44. The van der Waals surface area contributed by atoms with Gasteiger partial charge >= 0.3 is 0 Å². The van der Waals surface area contributed by atoms with Crippen LogP contribution in [0.2, 0.25) is 0 Å². The van der Waals surface area contributed by atoms with Crippen LogP contribution in [0.1, 0.15) is 48.1 Å². The average Bonchev–Trinajstić information content (AvgIpc) is 3.10. The smallest absolute Gasteiger partial charge is 0.143 e. The van der Waals surface area contributed by atoms with Crippen LogP contribution in [0.5, 0.6) is 0 Å². The van der Waals surface area contributed by atoms with Gasteiger partial charge in [0.2, 0.25) is 0 Å². The van der Waals surface area contributed by atoms with Gasteiger partial charge in [-0.05, 0) is 44.2 Å². The Balaban J connectivity index is 2.16. The van der Waals surface area contributed by atoms with Gasteiger partial charge in [0.25, 0.3) is 0 Å². The molecule has 2 nitrogen and oxygen atoms in total. The summed E-state index contributed by atoms with van der Waals surface area (Å²) >= 11 is 0. The van der Waals surface area contributed by atoms with Gasteiger partial charge in [-0.2, -0.15) is 0 Å². The van der Waals surface area contributed by atoms with Crippen molar-refractivity contribution in [3.8, 4) is 11.3 Å². The van der Waals surface area contributed by atoms with Gasteiger partial charge in [-0.3, -0.25) is 0 Å². The van der Waals surface area contributed by atoms with Crippen molar-refractivity contribution in [1.29, 1.82) is 0 Å². The maximum atomic E-state index is 5.63. The number of benzene rings is 1. The van der Waals surface area contributed by atoms with E-state index in [2.05, 4.69) is 44.1 Å². The van der Waals surface area contributed by atoms with E-state index in [4.69, 9.17) is 4.52 Å². The maximum absolute atomic E-state index is 5.63. The molecule has 1 aromatic heterocycles. The quantitative estimate of drug-likeness (QED) is 0.796. The minimum absolute atomic E-state index is 0.630. The second-order valence-electron chi connectivity index (χ2n) is 5.27. The SMILES string of the molecule is CCc1c(-c2c(C)cccc2C)noc1C1CC1. The molecule has 2 aromatic rings. The molecule has 1 aromatic carbocycles. The molecule has 0 saturated heterocycles. The van der Waals surface area contributed by atoms with E-state index in [9.17, 15) is 0 Å². The van der Waals surface area contributed by atoms with E-state index in [-0.39, 0.29) is 0 Å². The van der Waals surface area contributed by atoms with Gasteiger partial charge in [-0.1, -0.05) is 30.3 Å². The van der Waals surface area contributed by atoms with E-state index in [1.54, 1.807) is 0 Å². The predicted molar refractivity (Wildman–Crippen MR) is 72.8 cm³/mol. The van der Waals surface area contributed by atoms with Crippen LogP contribution in [-0.4, -0.2) is 5.16 Å². The van der Waals surface area contributed by atoms with Crippen molar-refractivity contribution >= 4 is 0 Å². The number of hydrogen-bond acceptors (Lipinski definition) is 2. The number of aryl methyl sites for hydroxylation is 2. The summed E-state index contributed by atoms with van der Waals surface area (Å²) in [6, 6.07) is 6.39. The fraction of sp³-hybridized carbons (Fsp3) is 0.438. The zero-order valence-corrected chi connectivity index (χ0v) is 11.3. The van der Waals surface area contributed by atoms with Gasteiger partial charge in [0.15, 0.2) is 0 Å². The van der Waals surface area contributed by atoms with Crippen molar-refractivity contribution in [3.63, 3.8) is 0 Å². The molecule has 1 heterocycles. The molecule has 0 amide bonds. The van der Waals surface area contributed by atoms with Crippen LogP contribution in [0.4, 0.5) is 0 Å². The maximum Gasteiger partial charge on any atom is 0.143 e. The van der Waals surface area contributed by atoms with E-state index in [0.717, 1.165) is 17.9 Å².